The Morgan fingerprint density at radius 1 is 0.750 bits per heavy atom. The van der Waals surface area contributed by atoms with Crippen LogP contribution in [-0.4, -0.2) is 9.13 Å². The molecule has 6 nitrogen and oxygen atoms in total. The van der Waals surface area contributed by atoms with Gasteiger partial charge in [-0.2, -0.15) is 0 Å². The Morgan fingerprint density at radius 3 is 1.58 bits per heavy atom. The first-order valence-corrected chi connectivity index (χ1v) is 8.94. The van der Waals surface area contributed by atoms with Crippen molar-refractivity contribution in [3.05, 3.63) is 46.0 Å². The van der Waals surface area contributed by atoms with Gasteiger partial charge in [0.15, 0.2) is 0 Å². The Labute approximate surface area is 145 Å². The van der Waals surface area contributed by atoms with Gasteiger partial charge in [-0.3, -0.25) is 0 Å². The second-order valence-electron chi connectivity index (χ2n) is 5.54. The number of rotatable bonds is 1. The molecule has 0 amide bonds. The van der Waals surface area contributed by atoms with Crippen LogP contribution in [-0.2, 0) is 14.1 Å². The number of aromatic nitrogens is 2. The number of benzene rings is 2. The fourth-order valence-corrected chi connectivity index (χ4v) is 4.62. The van der Waals surface area contributed by atoms with E-state index < -0.39 is 0 Å². The molecular weight excluding hydrogens is 340 g/mol. The zero-order valence-electron chi connectivity index (χ0n) is 13.2. The van der Waals surface area contributed by atoms with Gasteiger partial charge in [0.1, 0.15) is 0 Å². The van der Waals surface area contributed by atoms with E-state index in [1.165, 1.54) is 0 Å². The summed E-state index contributed by atoms with van der Waals surface area (Å²) in [5.74, 6) is 0. The Balaban J connectivity index is 1.92. The Morgan fingerprint density at radius 2 is 1.17 bits per heavy atom. The van der Waals surface area contributed by atoms with Gasteiger partial charge in [0.25, 0.3) is 0 Å². The van der Waals surface area contributed by atoms with Crippen molar-refractivity contribution in [3.63, 3.8) is 0 Å². The standard InChI is InChI=1S/C16H16N6S2/c1-21-11-5-3-9(17)7-13(11)23-15(21)19-20-16-22(2)12-6-4-10(18)8-14(12)24-16/h3-8H,17-18H2,1-2H3. The molecule has 0 saturated heterocycles. The normalized spacial score (nSPS) is 13.4. The second-order valence-corrected chi connectivity index (χ2v) is 7.56. The van der Waals surface area contributed by atoms with Gasteiger partial charge in [0.05, 0.1) is 20.4 Å². The molecule has 4 aromatic rings. The second kappa shape index (κ2) is 5.50. The van der Waals surface area contributed by atoms with Crippen molar-refractivity contribution in [2.75, 3.05) is 11.5 Å². The van der Waals surface area contributed by atoms with Crippen LogP contribution in [0.4, 0.5) is 11.4 Å². The topological polar surface area (TPSA) is 86.6 Å². The SMILES string of the molecule is Cn1c(=NN=c2sc3cc(N)ccc3n2C)sc2cc(N)ccc21. The first-order valence-electron chi connectivity index (χ1n) is 7.31. The predicted octanol–water partition coefficient (Wildman–Crippen LogP) is 2.37. The number of hydrogen-bond donors (Lipinski definition) is 2. The average Bonchev–Trinajstić information content (AvgIpc) is 3.02. The lowest BCUT2D eigenvalue weighted by Gasteiger charge is -1.95. The van der Waals surface area contributed by atoms with E-state index in [1.54, 1.807) is 22.7 Å². The van der Waals surface area contributed by atoms with Gasteiger partial charge < -0.3 is 20.6 Å². The summed E-state index contributed by atoms with van der Waals surface area (Å²) in [4.78, 5) is 1.65. The van der Waals surface area contributed by atoms with Gasteiger partial charge in [-0.25, -0.2) is 0 Å². The summed E-state index contributed by atoms with van der Waals surface area (Å²) in [6, 6.07) is 11.7. The van der Waals surface area contributed by atoms with Gasteiger partial charge >= 0.3 is 0 Å². The van der Waals surface area contributed by atoms with Crippen molar-refractivity contribution in [3.8, 4) is 0 Å². The lowest BCUT2D eigenvalue weighted by molar-refractivity contribution is 0.845. The molecule has 0 unspecified atom stereocenters. The summed E-state index contributed by atoms with van der Waals surface area (Å²) >= 11 is 3.14. The van der Waals surface area contributed by atoms with Crippen molar-refractivity contribution in [1.82, 2.24) is 9.13 Å². The van der Waals surface area contributed by atoms with E-state index in [2.05, 4.69) is 10.2 Å². The van der Waals surface area contributed by atoms with Crippen molar-refractivity contribution >= 4 is 54.5 Å². The van der Waals surface area contributed by atoms with Crippen LogP contribution in [0.15, 0.2) is 46.6 Å². The molecule has 2 heterocycles. The van der Waals surface area contributed by atoms with Crippen molar-refractivity contribution in [1.29, 1.82) is 0 Å². The number of fused-ring (bicyclic) bond motifs is 2. The van der Waals surface area contributed by atoms with E-state index in [-0.39, 0.29) is 0 Å². The van der Waals surface area contributed by atoms with Crippen LogP contribution in [0.2, 0.25) is 0 Å². The Hall–Kier alpha value is -2.58. The molecule has 122 valence electrons. The highest BCUT2D eigenvalue weighted by Crippen LogP contribution is 2.20. The molecule has 0 saturated carbocycles. The van der Waals surface area contributed by atoms with Gasteiger partial charge in [-0.1, -0.05) is 22.7 Å². The van der Waals surface area contributed by atoms with Gasteiger partial charge in [0, 0.05) is 25.5 Å². The zero-order chi connectivity index (χ0) is 16.8. The molecule has 0 fully saturated rings. The molecule has 0 aliphatic heterocycles. The van der Waals surface area contributed by atoms with Crippen LogP contribution in [0.3, 0.4) is 0 Å². The van der Waals surface area contributed by atoms with Crippen LogP contribution in [0.1, 0.15) is 0 Å². The van der Waals surface area contributed by atoms with Crippen LogP contribution in [0, 0.1) is 0 Å². The summed E-state index contributed by atoms with van der Waals surface area (Å²) < 4.78 is 6.24. The molecule has 8 heteroatoms. The highest BCUT2D eigenvalue weighted by Gasteiger charge is 2.04. The minimum Gasteiger partial charge on any atom is -0.399 e. The summed E-state index contributed by atoms with van der Waals surface area (Å²) in [6.45, 7) is 0. The number of nitrogen functional groups attached to an aromatic ring is 2. The molecule has 2 aromatic carbocycles. The van der Waals surface area contributed by atoms with E-state index in [9.17, 15) is 0 Å². The molecule has 4 rings (SSSR count). The van der Waals surface area contributed by atoms with E-state index >= 15 is 0 Å². The highest BCUT2D eigenvalue weighted by atomic mass is 32.1. The molecule has 24 heavy (non-hydrogen) atoms. The third-order valence-electron chi connectivity index (χ3n) is 3.89. The minimum atomic E-state index is 0.751. The van der Waals surface area contributed by atoms with Crippen molar-refractivity contribution < 1.29 is 0 Å². The minimum absolute atomic E-state index is 0.751. The monoisotopic (exact) mass is 356 g/mol. The van der Waals surface area contributed by atoms with Crippen LogP contribution < -0.4 is 21.1 Å². The van der Waals surface area contributed by atoms with E-state index in [0.29, 0.717) is 0 Å². The first-order chi connectivity index (χ1) is 11.5. The molecule has 0 spiro atoms. The fourth-order valence-electron chi connectivity index (χ4n) is 2.58. The van der Waals surface area contributed by atoms with Crippen molar-refractivity contribution in [2.24, 2.45) is 24.3 Å². The molecule has 0 aliphatic rings. The van der Waals surface area contributed by atoms with Crippen LogP contribution in [0.5, 0.6) is 0 Å². The Bertz CT molecular complexity index is 1110. The van der Waals surface area contributed by atoms with Gasteiger partial charge in [0.2, 0.25) is 9.60 Å². The number of aryl methyl sites for hydroxylation is 2. The van der Waals surface area contributed by atoms with Gasteiger partial charge in [-0.05, 0) is 36.4 Å². The largest absolute Gasteiger partial charge is 0.399 e. The maximum absolute atomic E-state index is 5.85. The van der Waals surface area contributed by atoms with E-state index in [1.807, 2.05) is 59.6 Å². The zero-order valence-corrected chi connectivity index (χ0v) is 14.9. The quantitative estimate of drug-likeness (QED) is 0.405. The summed E-state index contributed by atoms with van der Waals surface area (Å²) in [5, 5.41) is 8.89. The van der Waals surface area contributed by atoms with E-state index in [4.69, 9.17) is 11.5 Å². The maximum Gasteiger partial charge on any atom is 0.211 e. The predicted molar refractivity (Wildman–Crippen MR) is 102 cm³/mol. The Kier molecular flexibility index (Phi) is 3.43. The lowest BCUT2D eigenvalue weighted by Crippen LogP contribution is -2.13. The lowest BCUT2D eigenvalue weighted by atomic mass is 10.3. The van der Waals surface area contributed by atoms with Crippen LogP contribution >= 0.6 is 22.7 Å². The number of nitrogens with two attached hydrogens (primary N) is 2. The third-order valence-corrected chi connectivity index (χ3v) is 6.06. The molecule has 2 aromatic heterocycles. The highest BCUT2D eigenvalue weighted by molar-refractivity contribution is 7.16. The molecule has 0 aliphatic carbocycles. The summed E-state index contributed by atoms with van der Waals surface area (Å²) in [6.07, 6.45) is 0. The maximum atomic E-state index is 5.85. The number of thiazole rings is 2. The molecule has 0 atom stereocenters. The summed E-state index contributed by atoms with van der Waals surface area (Å²) in [5.41, 5.74) is 15.4. The third kappa shape index (κ3) is 2.40. The number of hydrogen-bond acceptors (Lipinski definition) is 6. The molecular formula is C16H16N6S2. The van der Waals surface area contributed by atoms with E-state index in [0.717, 1.165) is 41.4 Å². The smallest absolute Gasteiger partial charge is 0.211 e. The first kappa shape index (κ1) is 15.0. The summed E-state index contributed by atoms with van der Waals surface area (Å²) in [7, 11) is 3.96. The fraction of sp³-hybridized carbons (Fsp3) is 0.125. The molecule has 0 radical (unpaired) electrons. The van der Waals surface area contributed by atoms with Gasteiger partial charge in [-0.15, -0.1) is 10.2 Å². The average molecular weight is 356 g/mol. The van der Waals surface area contributed by atoms with Crippen LogP contribution in [0.25, 0.3) is 20.4 Å². The number of nitrogens with zero attached hydrogens (tertiary/aromatic N) is 4. The number of anilines is 2. The molecule has 4 N–H and O–H groups in total. The van der Waals surface area contributed by atoms with Crippen molar-refractivity contribution in [2.45, 2.75) is 0 Å². The molecule has 0 bridgehead atoms.